The molecule has 1 aliphatic carbocycles. The van der Waals surface area contributed by atoms with Gasteiger partial charge in [-0.3, -0.25) is 0 Å². The summed E-state index contributed by atoms with van der Waals surface area (Å²) >= 11 is 1.02. The maximum absolute atomic E-state index is 13.4. The zero-order chi connectivity index (χ0) is 20.5. The van der Waals surface area contributed by atoms with Crippen LogP contribution in [0.3, 0.4) is 0 Å². The van der Waals surface area contributed by atoms with Gasteiger partial charge in [-0.1, -0.05) is 0 Å². The van der Waals surface area contributed by atoms with E-state index in [2.05, 4.69) is 15.2 Å². The van der Waals surface area contributed by atoms with Gasteiger partial charge in [-0.2, -0.15) is 13.1 Å². The van der Waals surface area contributed by atoms with Gasteiger partial charge in [0.15, 0.2) is 0 Å². The second kappa shape index (κ2) is 8.03. The molecule has 1 saturated carbocycles. The molecule has 3 rings (SSSR count). The van der Waals surface area contributed by atoms with E-state index < -0.39 is 34.3 Å². The van der Waals surface area contributed by atoms with Crippen LogP contribution < -0.4 is 0 Å². The van der Waals surface area contributed by atoms with Gasteiger partial charge in [0.1, 0.15) is 9.88 Å². The summed E-state index contributed by atoms with van der Waals surface area (Å²) < 4.78 is 83.1. The highest BCUT2D eigenvalue weighted by Crippen LogP contribution is 2.37. The van der Waals surface area contributed by atoms with Crippen molar-refractivity contribution in [2.24, 2.45) is 0 Å². The topological polar surface area (TPSA) is 89.2 Å². The third-order valence-electron chi connectivity index (χ3n) is 4.50. The normalized spacial score (nSPS) is 18.2. The molecule has 0 unspecified atom stereocenters. The molecule has 13 heteroatoms. The van der Waals surface area contributed by atoms with E-state index in [-0.39, 0.29) is 43.9 Å². The van der Waals surface area contributed by atoms with Crippen LogP contribution in [-0.4, -0.2) is 45.6 Å². The summed E-state index contributed by atoms with van der Waals surface area (Å²) in [6, 6.07) is -0.536. The predicted octanol–water partition coefficient (Wildman–Crippen LogP) is 3.86. The zero-order valence-electron chi connectivity index (χ0n) is 14.8. The molecule has 0 amide bonds. The molecule has 0 atom stereocenters. The van der Waals surface area contributed by atoms with Crippen LogP contribution in [0.25, 0.3) is 10.8 Å². The van der Waals surface area contributed by atoms with Crippen LogP contribution in [0.2, 0.25) is 0 Å². The lowest BCUT2D eigenvalue weighted by Crippen LogP contribution is -2.44. The van der Waals surface area contributed by atoms with Gasteiger partial charge in [0.25, 0.3) is 11.8 Å². The first-order valence-electron chi connectivity index (χ1n) is 8.55. The van der Waals surface area contributed by atoms with Crippen molar-refractivity contribution in [3.8, 4) is 10.8 Å². The van der Waals surface area contributed by atoms with Crippen LogP contribution >= 0.6 is 11.3 Å². The van der Waals surface area contributed by atoms with E-state index in [0.29, 0.717) is 9.88 Å². The van der Waals surface area contributed by atoms with Gasteiger partial charge >= 0.3 is 6.43 Å². The van der Waals surface area contributed by atoms with E-state index in [0.717, 1.165) is 11.3 Å². The Morgan fingerprint density at radius 2 is 2.00 bits per heavy atom. The second-order valence-electron chi connectivity index (χ2n) is 6.40. The number of hydrogen-bond donors (Lipinski definition) is 0. The first kappa shape index (κ1) is 21.1. The van der Waals surface area contributed by atoms with E-state index in [4.69, 9.17) is 4.42 Å². The molecule has 7 nitrogen and oxygen atoms in total. The molecule has 1 aliphatic rings. The Labute approximate surface area is 162 Å². The van der Waals surface area contributed by atoms with Crippen molar-refractivity contribution in [1.82, 2.24) is 19.5 Å². The van der Waals surface area contributed by atoms with Crippen molar-refractivity contribution in [3.05, 3.63) is 17.1 Å². The minimum Gasteiger partial charge on any atom is -0.414 e. The number of alkyl halides is 4. The molecule has 0 bridgehead atoms. The Kier molecular flexibility index (Phi) is 6.05. The van der Waals surface area contributed by atoms with E-state index >= 15 is 0 Å². The summed E-state index contributed by atoms with van der Waals surface area (Å²) in [5.74, 6) is -3.89. The molecule has 2 aromatic heterocycles. The Bertz CT molecular complexity index is 906. The number of nitrogens with zero attached hydrogens (tertiary/aromatic N) is 4. The summed E-state index contributed by atoms with van der Waals surface area (Å²) in [4.78, 5) is 4.42. The molecule has 2 aromatic rings. The molecular formula is C15H18F4N4O3S2. The zero-order valence-corrected chi connectivity index (χ0v) is 16.4. The number of thiazole rings is 1. The van der Waals surface area contributed by atoms with Crippen molar-refractivity contribution in [1.29, 1.82) is 0 Å². The highest BCUT2D eigenvalue weighted by molar-refractivity contribution is 7.89. The fourth-order valence-corrected chi connectivity index (χ4v) is 5.21. The molecule has 0 spiro atoms. The van der Waals surface area contributed by atoms with Crippen molar-refractivity contribution < 1.29 is 30.4 Å². The SMILES string of the molecule is CCS(=O)(=O)N(Cc1ncc(-c2nnc(C(F)F)o2)s1)C1CCC(F)(F)CC1. The minimum atomic E-state index is -3.65. The van der Waals surface area contributed by atoms with Crippen molar-refractivity contribution in [2.45, 2.75) is 57.5 Å². The maximum atomic E-state index is 13.4. The maximum Gasteiger partial charge on any atom is 0.314 e. The quantitative estimate of drug-likeness (QED) is 0.605. The number of rotatable bonds is 7. The lowest BCUT2D eigenvalue weighted by molar-refractivity contribution is -0.0471. The molecule has 2 heterocycles. The average molecular weight is 442 g/mol. The summed E-state index contributed by atoms with van der Waals surface area (Å²) in [5, 5.41) is 7.14. The molecule has 0 aromatic carbocycles. The van der Waals surface area contributed by atoms with Crippen LogP contribution in [0.4, 0.5) is 17.6 Å². The number of aromatic nitrogens is 3. The first-order valence-corrected chi connectivity index (χ1v) is 11.0. The van der Waals surface area contributed by atoms with E-state index in [1.807, 2.05) is 0 Å². The fraction of sp³-hybridized carbons (Fsp3) is 0.667. The highest BCUT2D eigenvalue weighted by Gasteiger charge is 2.40. The van der Waals surface area contributed by atoms with Gasteiger partial charge in [0.2, 0.25) is 15.9 Å². The average Bonchev–Trinajstić information content (AvgIpc) is 3.29. The fourth-order valence-electron chi connectivity index (χ4n) is 2.97. The first-order chi connectivity index (χ1) is 13.1. The third-order valence-corrected chi connectivity index (χ3v) is 7.34. The number of sulfonamides is 1. The van der Waals surface area contributed by atoms with Gasteiger partial charge in [0.05, 0.1) is 18.5 Å². The van der Waals surface area contributed by atoms with Crippen LogP contribution in [0.15, 0.2) is 10.6 Å². The van der Waals surface area contributed by atoms with Crippen molar-refractivity contribution >= 4 is 21.4 Å². The summed E-state index contributed by atoms with van der Waals surface area (Å²) in [5.41, 5.74) is 0. The van der Waals surface area contributed by atoms with Gasteiger partial charge in [0, 0.05) is 18.9 Å². The predicted molar refractivity (Wildman–Crippen MR) is 92.6 cm³/mol. The van der Waals surface area contributed by atoms with E-state index in [9.17, 15) is 26.0 Å². The molecule has 156 valence electrons. The van der Waals surface area contributed by atoms with Gasteiger partial charge in [-0.15, -0.1) is 21.5 Å². The number of halogens is 4. The van der Waals surface area contributed by atoms with Crippen LogP contribution in [0.5, 0.6) is 0 Å². The summed E-state index contributed by atoms with van der Waals surface area (Å²) in [6.07, 6.45) is -2.18. The Morgan fingerprint density at radius 1 is 1.32 bits per heavy atom. The largest absolute Gasteiger partial charge is 0.414 e. The molecule has 0 aliphatic heterocycles. The van der Waals surface area contributed by atoms with Gasteiger partial charge in [-0.25, -0.2) is 22.2 Å². The Morgan fingerprint density at radius 3 is 2.57 bits per heavy atom. The third kappa shape index (κ3) is 4.69. The van der Waals surface area contributed by atoms with Gasteiger partial charge in [-0.05, 0) is 19.8 Å². The van der Waals surface area contributed by atoms with Gasteiger partial charge < -0.3 is 4.42 Å². The Balaban J connectivity index is 1.79. The lowest BCUT2D eigenvalue weighted by atomic mass is 9.92. The monoisotopic (exact) mass is 442 g/mol. The van der Waals surface area contributed by atoms with Crippen molar-refractivity contribution in [2.75, 3.05) is 5.75 Å². The minimum absolute atomic E-state index is 0.0614. The standard InChI is InChI=1S/C15H18F4N4O3S2/c1-2-28(24,25)23(9-3-5-15(18,19)6-4-9)8-11-20-7-10(27-11)13-21-22-14(26-13)12(16)17/h7,9,12H,2-6,8H2,1H3. The van der Waals surface area contributed by atoms with Crippen LogP contribution in [-0.2, 0) is 16.6 Å². The second-order valence-corrected chi connectivity index (χ2v) is 9.72. The van der Waals surface area contributed by atoms with E-state index in [1.54, 1.807) is 0 Å². The number of hydrogen-bond acceptors (Lipinski definition) is 7. The van der Waals surface area contributed by atoms with Crippen LogP contribution in [0.1, 0.15) is 49.9 Å². The lowest BCUT2D eigenvalue weighted by Gasteiger charge is -2.35. The molecule has 1 fully saturated rings. The summed E-state index contributed by atoms with van der Waals surface area (Å²) in [7, 11) is -3.65. The van der Waals surface area contributed by atoms with Crippen molar-refractivity contribution in [3.63, 3.8) is 0 Å². The molecule has 0 radical (unpaired) electrons. The molecule has 0 N–H and O–H groups in total. The smallest absolute Gasteiger partial charge is 0.314 e. The molecule has 0 saturated heterocycles. The highest BCUT2D eigenvalue weighted by atomic mass is 32.2. The Hall–Kier alpha value is -1.60. The molecule has 28 heavy (non-hydrogen) atoms. The molecular weight excluding hydrogens is 424 g/mol. The summed E-state index contributed by atoms with van der Waals surface area (Å²) in [6.45, 7) is 1.39. The van der Waals surface area contributed by atoms with Crippen LogP contribution in [0, 0.1) is 0 Å². The van der Waals surface area contributed by atoms with E-state index in [1.165, 1.54) is 17.4 Å².